The van der Waals surface area contributed by atoms with E-state index in [1.165, 1.54) is 6.07 Å². The van der Waals surface area contributed by atoms with Crippen LogP contribution in [0.3, 0.4) is 0 Å². The molecule has 0 saturated carbocycles. The van der Waals surface area contributed by atoms with Gasteiger partial charge in [-0.25, -0.2) is 0 Å². The summed E-state index contributed by atoms with van der Waals surface area (Å²) in [6.45, 7) is 1.96. The van der Waals surface area contributed by atoms with Gasteiger partial charge >= 0.3 is 0 Å². The van der Waals surface area contributed by atoms with Crippen LogP contribution in [0.25, 0.3) is 11.4 Å². The van der Waals surface area contributed by atoms with Crippen molar-refractivity contribution < 1.29 is 4.39 Å². The van der Waals surface area contributed by atoms with Crippen LogP contribution in [0.4, 0.5) is 4.39 Å². The zero-order chi connectivity index (χ0) is 9.26. The summed E-state index contributed by atoms with van der Waals surface area (Å²) in [4.78, 5) is 4.09. The van der Waals surface area contributed by atoms with E-state index in [0.717, 1.165) is 5.56 Å². The lowest BCUT2D eigenvalue weighted by Crippen LogP contribution is -1.83. The van der Waals surface area contributed by atoms with Gasteiger partial charge in [-0.15, -0.1) is 5.10 Å². The quantitative estimate of drug-likeness (QED) is 0.723. The molecule has 0 aliphatic carbocycles. The van der Waals surface area contributed by atoms with Crippen molar-refractivity contribution in [3.05, 3.63) is 35.9 Å². The average Bonchev–Trinajstić information content (AvgIpc) is 2.52. The van der Waals surface area contributed by atoms with Crippen molar-refractivity contribution in [3.63, 3.8) is 0 Å². The van der Waals surface area contributed by atoms with E-state index in [1.807, 2.05) is 19.1 Å². The molecular formula is C9H8FN3. The van der Waals surface area contributed by atoms with Gasteiger partial charge in [0, 0.05) is 12.3 Å². The predicted octanol–water partition coefficient (Wildman–Crippen LogP) is 1.92. The van der Waals surface area contributed by atoms with Crippen LogP contribution in [0.5, 0.6) is 0 Å². The maximum Gasteiger partial charge on any atom is 0.233 e. The third-order valence-corrected chi connectivity index (χ3v) is 1.74. The second-order valence-corrected chi connectivity index (χ2v) is 2.82. The summed E-state index contributed by atoms with van der Waals surface area (Å²) in [5, 5.41) is 5.95. The maximum atomic E-state index is 12.5. The third kappa shape index (κ3) is 1.56. The van der Waals surface area contributed by atoms with Gasteiger partial charge in [-0.3, -0.25) is 10.1 Å². The number of hydrogen-bond acceptors (Lipinski definition) is 2. The van der Waals surface area contributed by atoms with Gasteiger partial charge in [0.1, 0.15) is 0 Å². The number of nitrogens with zero attached hydrogens (tertiary/aromatic N) is 2. The molecule has 0 atom stereocenters. The van der Waals surface area contributed by atoms with Crippen LogP contribution in [0.1, 0.15) is 5.56 Å². The number of rotatable bonds is 1. The third-order valence-electron chi connectivity index (χ3n) is 1.74. The molecule has 0 spiro atoms. The highest BCUT2D eigenvalue weighted by Gasteiger charge is 2.03. The Morgan fingerprint density at radius 2 is 2.23 bits per heavy atom. The molecule has 0 unspecified atom stereocenters. The summed E-state index contributed by atoms with van der Waals surface area (Å²) in [7, 11) is 0. The molecule has 66 valence electrons. The van der Waals surface area contributed by atoms with Gasteiger partial charge in [0.05, 0.1) is 11.4 Å². The number of hydrogen-bond donors (Lipinski definition) is 1. The summed E-state index contributed by atoms with van der Waals surface area (Å²) in [5.74, 6) is -0.515. The van der Waals surface area contributed by atoms with Crippen LogP contribution >= 0.6 is 0 Å². The summed E-state index contributed by atoms with van der Waals surface area (Å²) in [6.07, 6.45) is 1.68. The minimum atomic E-state index is -0.515. The summed E-state index contributed by atoms with van der Waals surface area (Å²) in [5.41, 5.74) is 2.39. The van der Waals surface area contributed by atoms with Crippen LogP contribution in [0, 0.1) is 12.9 Å². The largest absolute Gasteiger partial charge is 0.273 e. The lowest BCUT2D eigenvalue weighted by molar-refractivity contribution is 0.579. The zero-order valence-electron chi connectivity index (χ0n) is 7.08. The van der Waals surface area contributed by atoms with Gasteiger partial charge < -0.3 is 0 Å². The Balaban J connectivity index is 2.46. The summed E-state index contributed by atoms with van der Waals surface area (Å²) < 4.78 is 12.5. The molecule has 0 aliphatic heterocycles. The van der Waals surface area contributed by atoms with E-state index < -0.39 is 5.95 Å². The second kappa shape index (κ2) is 2.97. The number of aromatic nitrogens is 3. The summed E-state index contributed by atoms with van der Waals surface area (Å²) >= 11 is 0. The van der Waals surface area contributed by atoms with Gasteiger partial charge in [-0.05, 0) is 24.6 Å². The smallest absolute Gasteiger partial charge is 0.233 e. The van der Waals surface area contributed by atoms with E-state index in [2.05, 4.69) is 15.2 Å². The second-order valence-electron chi connectivity index (χ2n) is 2.82. The minimum Gasteiger partial charge on any atom is -0.273 e. The van der Waals surface area contributed by atoms with E-state index in [0.29, 0.717) is 11.4 Å². The number of halogens is 1. The van der Waals surface area contributed by atoms with Crippen LogP contribution in [0.2, 0.25) is 0 Å². The fraction of sp³-hybridized carbons (Fsp3) is 0.111. The molecule has 1 N–H and O–H groups in total. The molecule has 0 fully saturated rings. The van der Waals surface area contributed by atoms with Crippen LogP contribution in [-0.4, -0.2) is 15.2 Å². The number of pyridine rings is 1. The highest BCUT2D eigenvalue weighted by molar-refractivity contribution is 5.53. The molecular weight excluding hydrogens is 169 g/mol. The maximum absolute atomic E-state index is 12.5. The molecule has 2 aromatic heterocycles. The minimum absolute atomic E-state index is 0.515. The summed E-state index contributed by atoms with van der Waals surface area (Å²) in [6, 6.07) is 5.07. The van der Waals surface area contributed by atoms with E-state index in [-0.39, 0.29) is 0 Å². The Kier molecular flexibility index (Phi) is 1.81. The van der Waals surface area contributed by atoms with Crippen LogP contribution in [-0.2, 0) is 0 Å². The Morgan fingerprint density at radius 1 is 1.38 bits per heavy atom. The Morgan fingerprint density at radius 3 is 2.85 bits per heavy atom. The van der Waals surface area contributed by atoms with Crippen molar-refractivity contribution in [1.82, 2.24) is 15.2 Å². The topological polar surface area (TPSA) is 41.6 Å². The SMILES string of the molecule is Cc1ccnc(-c2cc(F)n[nH]2)c1. The fourth-order valence-electron chi connectivity index (χ4n) is 1.11. The molecule has 13 heavy (non-hydrogen) atoms. The number of H-pyrrole nitrogens is 1. The van der Waals surface area contributed by atoms with Crippen molar-refractivity contribution >= 4 is 0 Å². The molecule has 2 heterocycles. The molecule has 0 saturated heterocycles. The lowest BCUT2D eigenvalue weighted by Gasteiger charge is -1.96. The van der Waals surface area contributed by atoms with Crippen molar-refractivity contribution in [1.29, 1.82) is 0 Å². The van der Waals surface area contributed by atoms with Gasteiger partial charge in [0.2, 0.25) is 5.95 Å². The van der Waals surface area contributed by atoms with Crippen molar-refractivity contribution in [3.8, 4) is 11.4 Å². The van der Waals surface area contributed by atoms with E-state index in [4.69, 9.17) is 0 Å². The standard InChI is InChI=1S/C9H8FN3/c1-6-2-3-11-7(4-6)8-5-9(10)13-12-8/h2-5H,1H3,(H,12,13). The highest BCUT2D eigenvalue weighted by Crippen LogP contribution is 2.14. The molecule has 0 aromatic carbocycles. The normalized spacial score (nSPS) is 10.3. The molecule has 3 nitrogen and oxygen atoms in total. The first-order valence-corrected chi connectivity index (χ1v) is 3.89. The Bertz CT molecular complexity index is 422. The lowest BCUT2D eigenvalue weighted by atomic mass is 10.2. The van der Waals surface area contributed by atoms with Gasteiger partial charge in [-0.2, -0.15) is 4.39 Å². The first kappa shape index (κ1) is 7.91. The van der Waals surface area contributed by atoms with Gasteiger partial charge in [0.25, 0.3) is 0 Å². The fourth-order valence-corrected chi connectivity index (χ4v) is 1.11. The molecule has 0 radical (unpaired) electrons. The average molecular weight is 177 g/mol. The van der Waals surface area contributed by atoms with Crippen LogP contribution < -0.4 is 0 Å². The number of aromatic amines is 1. The van der Waals surface area contributed by atoms with E-state index in [1.54, 1.807) is 6.20 Å². The molecule has 0 bridgehead atoms. The first-order chi connectivity index (χ1) is 6.25. The van der Waals surface area contributed by atoms with Crippen molar-refractivity contribution in [2.75, 3.05) is 0 Å². The molecule has 2 aromatic rings. The highest BCUT2D eigenvalue weighted by atomic mass is 19.1. The zero-order valence-corrected chi connectivity index (χ0v) is 7.08. The first-order valence-electron chi connectivity index (χ1n) is 3.89. The molecule has 0 aliphatic rings. The van der Waals surface area contributed by atoms with Crippen LogP contribution in [0.15, 0.2) is 24.4 Å². The Hall–Kier alpha value is -1.71. The predicted molar refractivity (Wildman–Crippen MR) is 46.5 cm³/mol. The van der Waals surface area contributed by atoms with E-state index in [9.17, 15) is 4.39 Å². The Labute approximate surface area is 74.6 Å². The molecule has 2 rings (SSSR count). The molecule has 4 heteroatoms. The monoisotopic (exact) mass is 177 g/mol. The van der Waals surface area contributed by atoms with Gasteiger partial charge in [-0.1, -0.05) is 0 Å². The van der Waals surface area contributed by atoms with Crippen molar-refractivity contribution in [2.24, 2.45) is 0 Å². The number of nitrogens with one attached hydrogen (secondary N) is 1. The van der Waals surface area contributed by atoms with Crippen molar-refractivity contribution in [2.45, 2.75) is 6.92 Å². The van der Waals surface area contributed by atoms with E-state index >= 15 is 0 Å². The molecule has 0 amide bonds. The number of aryl methyl sites for hydroxylation is 1. The van der Waals surface area contributed by atoms with Gasteiger partial charge in [0.15, 0.2) is 0 Å².